The molecule has 37 heavy (non-hydrogen) atoms. The maximum absolute atomic E-state index is 10.9. The molecule has 0 aliphatic heterocycles. The number of rotatable bonds is 9. The zero-order chi connectivity index (χ0) is 27.4. The van der Waals surface area contributed by atoms with E-state index in [0.29, 0.717) is 22.2 Å². The Morgan fingerprint density at radius 2 is 1.54 bits per heavy atom. The van der Waals surface area contributed by atoms with E-state index >= 15 is 0 Å². The quantitative estimate of drug-likeness (QED) is 0.212. The Labute approximate surface area is 239 Å². The molecule has 3 heteroatoms. The third kappa shape index (κ3) is 5.00. The molecule has 8 atom stereocenters. The van der Waals surface area contributed by atoms with Crippen LogP contribution < -0.4 is 0 Å². The third-order valence-corrected chi connectivity index (χ3v) is 23.7. The Bertz CT molecular complexity index is 845. The van der Waals surface area contributed by atoms with Crippen molar-refractivity contribution in [1.29, 1.82) is 0 Å². The normalized spacial score (nSPS) is 40.9. The van der Waals surface area contributed by atoms with Crippen LogP contribution in [-0.2, 0) is 0 Å². The molecule has 0 spiro atoms. The van der Waals surface area contributed by atoms with Crippen molar-refractivity contribution in [1.82, 2.24) is 0 Å². The van der Waals surface area contributed by atoms with Crippen molar-refractivity contribution in [2.24, 2.45) is 45.3 Å². The summed E-state index contributed by atoms with van der Waals surface area (Å²) in [4.78, 5) is 0. The Balaban J connectivity index is 1.53. The summed E-state index contributed by atoms with van der Waals surface area (Å²) in [5.41, 5.74) is 4.97. The van der Waals surface area contributed by atoms with Crippen LogP contribution in [0.15, 0.2) is 11.1 Å². The van der Waals surface area contributed by atoms with Crippen LogP contribution in [0.5, 0.6) is 0 Å². The Kier molecular flexibility index (Phi) is 9.19. The predicted molar refractivity (Wildman–Crippen MR) is 166 cm³/mol. The molecule has 0 bridgehead atoms. The van der Waals surface area contributed by atoms with E-state index in [1.165, 1.54) is 68.2 Å². The summed E-state index contributed by atoms with van der Waals surface area (Å²) in [6, 6.07) is 0. The van der Waals surface area contributed by atoms with Gasteiger partial charge in [0.1, 0.15) is 0 Å². The standard InChI is InChI=1S/C34H61AsOS/c1-11-35(12-2)37-28(23(3)4)15-13-24(5)25-17-21-34(10)27-14-16-29-31(6,7)30(36)19-20-32(29,8)26(27)18-22-33(25,34)9/h23-25,28-30,36H,11-22H2,1-10H3. The van der Waals surface area contributed by atoms with Gasteiger partial charge in [0.15, 0.2) is 0 Å². The van der Waals surface area contributed by atoms with Crippen molar-refractivity contribution in [3.05, 3.63) is 11.1 Å². The van der Waals surface area contributed by atoms with Gasteiger partial charge in [-0.1, -0.05) is 13.8 Å². The molecular formula is C34H61AsOS. The van der Waals surface area contributed by atoms with Crippen LogP contribution in [0.4, 0.5) is 0 Å². The number of hydrogen-bond donors (Lipinski definition) is 1. The van der Waals surface area contributed by atoms with Crippen LogP contribution in [0.3, 0.4) is 0 Å². The van der Waals surface area contributed by atoms with Gasteiger partial charge in [-0.05, 0) is 11.8 Å². The first-order valence-corrected chi connectivity index (χ1v) is 21.9. The third-order valence-electron chi connectivity index (χ3n) is 13.1. The molecular weight excluding hydrogens is 531 g/mol. The summed E-state index contributed by atoms with van der Waals surface area (Å²) in [7, 11) is 2.45. The number of aliphatic hydroxyl groups excluding tert-OH is 1. The van der Waals surface area contributed by atoms with Crippen molar-refractivity contribution >= 4 is 23.5 Å². The molecule has 2 saturated carbocycles. The number of aliphatic hydroxyl groups is 1. The fraction of sp³-hybridized carbons (Fsp3) is 0.941. The first-order valence-electron chi connectivity index (χ1n) is 16.1. The van der Waals surface area contributed by atoms with Gasteiger partial charge in [-0.15, -0.1) is 0 Å². The van der Waals surface area contributed by atoms with E-state index in [1.54, 1.807) is 0 Å². The van der Waals surface area contributed by atoms with Gasteiger partial charge in [0.25, 0.3) is 0 Å². The number of allylic oxidation sites excluding steroid dienone is 2. The van der Waals surface area contributed by atoms with Gasteiger partial charge in [0.2, 0.25) is 0 Å². The molecule has 4 rings (SSSR count). The fourth-order valence-electron chi connectivity index (χ4n) is 10.3. The minimum atomic E-state index is -0.673. The van der Waals surface area contributed by atoms with Crippen molar-refractivity contribution in [2.75, 3.05) is 0 Å². The van der Waals surface area contributed by atoms with Gasteiger partial charge >= 0.3 is 203 Å². The Morgan fingerprint density at radius 1 is 0.865 bits per heavy atom. The van der Waals surface area contributed by atoms with E-state index in [9.17, 15) is 5.11 Å². The second-order valence-electron chi connectivity index (χ2n) is 15.3. The van der Waals surface area contributed by atoms with Crippen molar-refractivity contribution < 1.29 is 5.11 Å². The molecule has 4 aliphatic carbocycles. The van der Waals surface area contributed by atoms with Gasteiger partial charge in [0, 0.05) is 0 Å². The topological polar surface area (TPSA) is 20.2 Å². The molecule has 0 aromatic carbocycles. The van der Waals surface area contributed by atoms with E-state index in [1.807, 2.05) is 11.1 Å². The van der Waals surface area contributed by atoms with E-state index in [-0.39, 0.29) is 11.5 Å². The molecule has 0 aromatic heterocycles. The molecule has 1 N–H and O–H groups in total. The predicted octanol–water partition coefficient (Wildman–Crippen LogP) is 10.3. The van der Waals surface area contributed by atoms with E-state index in [4.69, 9.17) is 0 Å². The summed E-state index contributed by atoms with van der Waals surface area (Å²) in [6.45, 7) is 25.2. The van der Waals surface area contributed by atoms with Crippen LogP contribution in [0, 0.1) is 45.3 Å². The van der Waals surface area contributed by atoms with E-state index in [0.717, 1.165) is 29.4 Å². The maximum atomic E-state index is 10.9. The van der Waals surface area contributed by atoms with Crippen LogP contribution in [-0.4, -0.2) is 30.0 Å². The van der Waals surface area contributed by atoms with Crippen molar-refractivity contribution in [3.8, 4) is 0 Å². The van der Waals surface area contributed by atoms with Crippen LogP contribution in [0.25, 0.3) is 0 Å². The molecule has 0 amide bonds. The monoisotopic (exact) mass is 592 g/mol. The zero-order valence-corrected chi connectivity index (χ0v) is 28.9. The molecule has 1 nitrogen and oxygen atoms in total. The van der Waals surface area contributed by atoms with Crippen LogP contribution in [0.2, 0.25) is 10.4 Å². The molecule has 0 aromatic rings. The average molecular weight is 593 g/mol. The summed E-state index contributed by atoms with van der Waals surface area (Å²) >= 11 is -0.673. The molecule has 214 valence electrons. The van der Waals surface area contributed by atoms with Gasteiger partial charge in [-0.25, -0.2) is 0 Å². The van der Waals surface area contributed by atoms with Gasteiger partial charge < -0.3 is 5.11 Å². The molecule has 4 aliphatic rings. The zero-order valence-electron chi connectivity index (χ0n) is 26.3. The number of hydrogen-bond acceptors (Lipinski definition) is 2. The number of fused-ring (bicyclic) bond motifs is 4. The van der Waals surface area contributed by atoms with E-state index < -0.39 is 13.5 Å². The first kappa shape index (κ1) is 30.6. The summed E-state index contributed by atoms with van der Waals surface area (Å²) in [5, 5.41) is 14.7. The van der Waals surface area contributed by atoms with Gasteiger partial charge in [-0.3, -0.25) is 0 Å². The second kappa shape index (κ2) is 11.1. The first-order chi connectivity index (χ1) is 17.3. The van der Waals surface area contributed by atoms with Gasteiger partial charge in [0.05, 0.1) is 6.10 Å². The fourth-order valence-corrected chi connectivity index (χ4v) is 18.9. The van der Waals surface area contributed by atoms with E-state index in [2.05, 4.69) is 79.3 Å². The molecule has 8 unspecified atom stereocenters. The Hall–Kier alpha value is 0.608. The summed E-state index contributed by atoms with van der Waals surface area (Å²) in [5.74, 6) is 3.17. The summed E-state index contributed by atoms with van der Waals surface area (Å²) in [6.07, 6.45) is 13.1. The average Bonchev–Trinajstić information content (AvgIpc) is 3.13. The van der Waals surface area contributed by atoms with Crippen molar-refractivity contribution in [2.45, 2.75) is 155 Å². The van der Waals surface area contributed by atoms with Crippen LogP contribution >= 0.6 is 10.0 Å². The Morgan fingerprint density at radius 3 is 2.16 bits per heavy atom. The molecule has 0 saturated heterocycles. The summed E-state index contributed by atoms with van der Waals surface area (Å²) < 4.78 is 0. The molecule has 0 radical (unpaired) electrons. The van der Waals surface area contributed by atoms with Crippen LogP contribution in [0.1, 0.15) is 133 Å². The minimum absolute atomic E-state index is 0.0441. The molecule has 2 fully saturated rings. The van der Waals surface area contributed by atoms with Crippen molar-refractivity contribution in [3.63, 3.8) is 0 Å². The SMILES string of the molecule is CC[As](CC)SC(CCC(C)C1CCC2(C)C3=C(CCC12C)C1(C)CCC(O)C(C)(C)C1CC3)C(C)C. The van der Waals surface area contributed by atoms with Gasteiger partial charge in [-0.2, -0.15) is 0 Å². The molecule has 0 heterocycles. The second-order valence-corrected chi connectivity index (χ2v) is 24.8.